The molecule has 0 aliphatic heterocycles. The van der Waals surface area contributed by atoms with Gasteiger partial charge in [0, 0.05) is 24.6 Å². The minimum Gasteiger partial charge on any atom is -0.372 e. The molecule has 26 heavy (non-hydrogen) atoms. The monoisotopic (exact) mass is 357 g/mol. The molecule has 2 aromatic heterocycles. The Morgan fingerprint density at radius 3 is 2.35 bits per heavy atom. The summed E-state index contributed by atoms with van der Waals surface area (Å²) in [5.41, 5.74) is 3.11. The number of anilines is 1. The Hall–Kier alpha value is -3.35. The van der Waals surface area contributed by atoms with E-state index in [1.807, 2.05) is 48.5 Å². The van der Waals surface area contributed by atoms with Gasteiger partial charge in [-0.2, -0.15) is 10.5 Å². The van der Waals surface area contributed by atoms with E-state index in [0.717, 1.165) is 11.3 Å². The highest BCUT2D eigenvalue weighted by Crippen LogP contribution is 2.37. The van der Waals surface area contributed by atoms with Crippen molar-refractivity contribution in [1.82, 2.24) is 9.97 Å². The Bertz CT molecular complexity index is 989. The Balaban J connectivity index is 2.13. The van der Waals surface area contributed by atoms with E-state index < -0.39 is 0 Å². The van der Waals surface area contributed by atoms with E-state index in [9.17, 15) is 10.5 Å². The summed E-state index contributed by atoms with van der Waals surface area (Å²) in [7, 11) is 1.72. The first-order valence-corrected chi connectivity index (χ1v) is 8.91. The fourth-order valence-electron chi connectivity index (χ4n) is 2.58. The van der Waals surface area contributed by atoms with Crippen LogP contribution in [0.3, 0.4) is 0 Å². The van der Waals surface area contributed by atoms with Crippen LogP contribution in [0, 0.1) is 22.7 Å². The molecular weight excluding hydrogens is 342 g/mol. The molecule has 1 aromatic carbocycles. The first-order chi connectivity index (χ1) is 12.8. The van der Waals surface area contributed by atoms with Gasteiger partial charge in [0.05, 0.1) is 11.3 Å². The van der Waals surface area contributed by atoms with E-state index in [-0.39, 0.29) is 0 Å². The Kier molecular flexibility index (Phi) is 5.48. The third-order valence-electron chi connectivity index (χ3n) is 3.77. The Morgan fingerprint density at radius 2 is 1.73 bits per heavy atom. The second kappa shape index (κ2) is 8.15. The van der Waals surface area contributed by atoms with Crippen molar-refractivity contribution in [2.24, 2.45) is 0 Å². The smallest absolute Gasteiger partial charge is 0.145 e. The third kappa shape index (κ3) is 3.51. The summed E-state index contributed by atoms with van der Waals surface area (Å²) in [4.78, 5) is 8.82. The van der Waals surface area contributed by atoms with Crippen molar-refractivity contribution < 1.29 is 0 Å². The van der Waals surface area contributed by atoms with Crippen LogP contribution in [0.5, 0.6) is 0 Å². The van der Waals surface area contributed by atoms with Gasteiger partial charge in [0.2, 0.25) is 0 Å². The van der Waals surface area contributed by atoms with Crippen LogP contribution in [0.2, 0.25) is 0 Å². The van der Waals surface area contributed by atoms with Gasteiger partial charge in [-0.3, -0.25) is 4.98 Å². The molecule has 3 aromatic rings. The van der Waals surface area contributed by atoms with Crippen molar-refractivity contribution in [2.45, 2.75) is 10.8 Å². The molecule has 0 aliphatic carbocycles. The number of nitriles is 2. The maximum absolute atomic E-state index is 9.79. The molecule has 0 aliphatic rings. The van der Waals surface area contributed by atoms with Crippen LogP contribution in [0.4, 0.5) is 5.82 Å². The van der Waals surface area contributed by atoms with Crippen molar-refractivity contribution in [3.8, 4) is 23.3 Å². The molecule has 0 amide bonds. The van der Waals surface area contributed by atoms with Crippen LogP contribution >= 0.6 is 11.8 Å². The molecule has 1 N–H and O–H groups in total. The number of aromatic nitrogens is 2. The zero-order chi connectivity index (χ0) is 18.4. The van der Waals surface area contributed by atoms with Gasteiger partial charge in [-0.15, -0.1) is 0 Å². The Morgan fingerprint density at radius 1 is 1.00 bits per heavy atom. The molecule has 2 heterocycles. The third-order valence-corrected chi connectivity index (χ3v) is 4.78. The molecule has 6 heteroatoms. The predicted octanol–water partition coefficient (Wildman–Crippen LogP) is 4.22. The Labute approximate surface area is 156 Å². The molecule has 126 valence electrons. The lowest BCUT2D eigenvalue weighted by molar-refractivity contribution is 1.09. The molecular formula is C20H15N5S. The zero-order valence-electron chi connectivity index (χ0n) is 14.1. The van der Waals surface area contributed by atoms with E-state index in [1.54, 1.807) is 13.2 Å². The fourth-order valence-corrected chi connectivity index (χ4v) is 3.48. The van der Waals surface area contributed by atoms with Crippen LogP contribution in [-0.2, 0) is 5.75 Å². The van der Waals surface area contributed by atoms with E-state index in [2.05, 4.69) is 27.4 Å². The van der Waals surface area contributed by atoms with Gasteiger partial charge in [0.15, 0.2) is 0 Å². The molecule has 0 radical (unpaired) electrons. The molecule has 0 bridgehead atoms. The van der Waals surface area contributed by atoms with Gasteiger partial charge in [-0.25, -0.2) is 4.98 Å². The van der Waals surface area contributed by atoms with Crippen LogP contribution in [-0.4, -0.2) is 17.0 Å². The van der Waals surface area contributed by atoms with Gasteiger partial charge in [-0.1, -0.05) is 48.2 Å². The van der Waals surface area contributed by atoms with Crippen molar-refractivity contribution in [1.29, 1.82) is 10.5 Å². The first-order valence-electron chi connectivity index (χ1n) is 7.92. The molecule has 0 saturated carbocycles. The van der Waals surface area contributed by atoms with E-state index in [4.69, 9.17) is 0 Å². The van der Waals surface area contributed by atoms with Crippen molar-refractivity contribution in [3.63, 3.8) is 0 Å². The lowest BCUT2D eigenvalue weighted by Crippen LogP contribution is -2.04. The van der Waals surface area contributed by atoms with Gasteiger partial charge >= 0.3 is 0 Å². The highest BCUT2D eigenvalue weighted by Gasteiger charge is 2.21. The molecule has 5 nitrogen and oxygen atoms in total. The van der Waals surface area contributed by atoms with E-state index in [0.29, 0.717) is 33.3 Å². The summed E-state index contributed by atoms with van der Waals surface area (Å²) in [5.74, 6) is 1.06. The predicted molar refractivity (Wildman–Crippen MR) is 102 cm³/mol. The van der Waals surface area contributed by atoms with Crippen LogP contribution in [0.15, 0.2) is 59.8 Å². The highest BCUT2D eigenvalue weighted by atomic mass is 32.2. The number of nitrogens with one attached hydrogen (secondary N) is 1. The lowest BCUT2D eigenvalue weighted by Gasteiger charge is -2.14. The standard InChI is InChI=1S/C20H15N5S/c1-23-19-16(11-21)18(14-7-3-2-4-8-14)17(12-22)20(25-19)26-13-15-9-5-6-10-24-15/h2-10H,13H2,1H3,(H,23,25). The maximum atomic E-state index is 9.79. The minimum atomic E-state index is 0.373. The van der Waals surface area contributed by atoms with Crippen molar-refractivity contribution in [3.05, 3.63) is 71.5 Å². The maximum Gasteiger partial charge on any atom is 0.145 e. The van der Waals surface area contributed by atoms with Crippen LogP contribution in [0.25, 0.3) is 11.1 Å². The number of benzene rings is 1. The largest absolute Gasteiger partial charge is 0.372 e. The van der Waals surface area contributed by atoms with E-state index >= 15 is 0 Å². The average Bonchev–Trinajstić information content (AvgIpc) is 2.72. The molecule has 0 atom stereocenters. The highest BCUT2D eigenvalue weighted by molar-refractivity contribution is 7.98. The summed E-state index contributed by atoms with van der Waals surface area (Å²) in [6.07, 6.45) is 1.74. The molecule has 0 fully saturated rings. The summed E-state index contributed by atoms with van der Waals surface area (Å²) in [6.45, 7) is 0. The van der Waals surface area contributed by atoms with Gasteiger partial charge < -0.3 is 5.32 Å². The number of rotatable bonds is 5. The molecule has 0 unspecified atom stereocenters. The lowest BCUT2D eigenvalue weighted by atomic mass is 9.97. The van der Waals surface area contributed by atoms with Crippen molar-refractivity contribution >= 4 is 17.6 Å². The second-order valence-corrected chi connectivity index (χ2v) is 6.30. The van der Waals surface area contributed by atoms with Crippen LogP contribution in [0.1, 0.15) is 16.8 Å². The van der Waals surface area contributed by atoms with Crippen LogP contribution < -0.4 is 5.32 Å². The first kappa shape index (κ1) is 17.5. The van der Waals surface area contributed by atoms with Gasteiger partial charge in [0.25, 0.3) is 0 Å². The normalized spacial score (nSPS) is 9.96. The second-order valence-electron chi connectivity index (χ2n) is 5.34. The van der Waals surface area contributed by atoms with Gasteiger partial charge in [0.1, 0.15) is 28.5 Å². The summed E-state index contributed by atoms with van der Waals surface area (Å²) in [5, 5.41) is 23.0. The van der Waals surface area contributed by atoms with Crippen molar-refractivity contribution in [2.75, 3.05) is 12.4 Å². The summed E-state index contributed by atoms with van der Waals surface area (Å²) in [6, 6.07) is 19.6. The summed E-state index contributed by atoms with van der Waals surface area (Å²) < 4.78 is 0. The fraction of sp³-hybridized carbons (Fsp3) is 0.100. The number of hydrogen-bond acceptors (Lipinski definition) is 6. The zero-order valence-corrected chi connectivity index (χ0v) is 14.9. The molecule has 3 rings (SSSR count). The number of hydrogen-bond donors (Lipinski definition) is 1. The number of pyridine rings is 2. The number of nitrogens with zero attached hydrogens (tertiary/aromatic N) is 4. The quantitative estimate of drug-likeness (QED) is 0.688. The van der Waals surface area contributed by atoms with Gasteiger partial charge in [-0.05, 0) is 17.7 Å². The topological polar surface area (TPSA) is 85.4 Å². The minimum absolute atomic E-state index is 0.373. The molecule has 0 spiro atoms. The molecule has 0 saturated heterocycles. The SMILES string of the molecule is CNc1nc(SCc2ccccn2)c(C#N)c(-c2ccccc2)c1C#N. The number of thioether (sulfide) groups is 1. The summed E-state index contributed by atoms with van der Waals surface area (Å²) >= 11 is 1.44. The average molecular weight is 357 g/mol. The van der Waals surface area contributed by atoms with E-state index in [1.165, 1.54) is 11.8 Å².